The van der Waals surface area contributed by atoms with E-state index in [2.05, 4.69) is 21.3 Å². The van der Waals surface area contributed by atoms with Crippen molar-refractivity contribution < 1.29 is 4.74 Å². The van der Waals surface area contributed by atoms with Gasteiger partial charge in [0.05, 0.1) is 23.4 Å². The number of methoxy groups -OCH3 is 1. The van der Waals surface area contributed by atoms with Gasteiger partial charge in [-0.1, -0.05) is 36.0 Å². The van der Waals surface area contributed by atoms with Gasteiger partial charge in [0.1, 0.15) is 5.75 Å². The third-order valence-electron chi connectivity index (χ3n) is 3.62. The fourth-order valence-corrected chi connectivity index (χ4v) is 3.35. The zero-order chi connectivity index (χ0) is 16.9. The number of hydrogen-bond donors (Lipinski definition) is 1. The third-order valence-corrected chi connectivity index (χ3v) is 4.99. The molecule has 0 saturated heterocycles. The van der Waals surface area contributed by atoms with E-state index < -0.39 is 0 Å². The summed E-state index contributed by atoms with van der Waals surface area (Å²) in [5, 5.41) is 7.28. The van der Waals surface area contributed by atoms with Crippen LogP contribution < -0.4 is 4.74 Å². The Hall–Kier alpha value is -2.53. The van der Waals surface area contributed by atoms with Crippen LogP contribution in [0.4, 0.5) is 5.69 Å². The highest BCUT2D eigenvalue weighted by molar-refractivity contribution is 7.99. The van der Waals surface area contributed by atoms with Crippen molar-refractivity contribution in [3.05, 3.63) is 65.5 Å². The zero-order valence-corrected chi connectivity index (χ0v) is 14.7. The lowest BCUT2D eigenvalue weighted by molar-refractivity contribution is 0.414. The van der Waals surface area contributed by atoms with E-state index in [9.17, 15) is 0 Å². The predicted octanol–water partition coefficient (Wildman–Crippen LogP) is 4.94. The van der Waals surface area contributed by atoms with Crippen molar-refractivity contribution in [2.24, 2.45) is 4.99 Å². The Bertz CT molecular complexity index is 851. The molecule has 24 heavy (non-hydrogen) atoms. The molecule has 4 nitrogen and oxygen atoms in total. The minimum atomic E-state index is 0.813. The first-order valence-electron chi connectivity index (χ1n) is 7.64. The number of para-hydroxylation sites is 2. The lowest BCUT2D eigenvalue weighted by Crippen LogP contribution is -1.89. The molecule has 3 aromatic rings. The second-order valence-electron chi connectivity index (χ2n) is 5.33. The molecule has 0 bridgehead atoms. The van der Waals surface area contributed by atoms with Gasteiger partial charge in [0.15, 0.2) is 0 Å². The molecule has 0 aliphatic heterocycles. The van der Waals surface area contributed by atoms with Gasteiger partial charge in [-0.25, -0.2) is 0 Å². The highest BCUT2D eigenvalue weighted by Crippen LogP contribution is 2.37. The minimum Gasteiger partial charge on any atom is -0.496 e. The number of aliphatic imine (C=N–C) groups is 1. The molecule has 1 aromatic heterocycles. The first-order chi connectivity index (χ1) is 11.7. The minimum absolute atomic E-state index is 0.813. The van der Waals surface area contributed by atoms with Gasteiger partial charge in [-0.15, -0.1) is 0 Å². The fraction of sp³-hybridized carbons (Fsp3) is 0.158. The maximum atomic E-state index is 5.37. The lowest BCUT2D eigenvalue weighted by Gasteiger charge is -2.06. The Kier molecular flexibility index (Phi) is 5.01. The van der Waals surface area contributed by atoms with Crippen molar-refractivity contribution in [1.82, 2.24) is 10.2 Å². The maximum Gasteiger partial charge on any atom is 0.127 e. The van der Waals surface area contributed by atoms with Crippen molar-refractivity contribution in [2.45, 2.75) is 23.6 Å². The van der Waals surface area contributed by atoms with Crippen molar-refractivity contribution in [2.75, 3.05) is 7.11 Å². The summed E-state index contributed by atoms with van der Waals surface area (Å²) in [6.07, 6.45) is 1.84. The summed E-state index contributed by atoms with van der Waals surface area (Å²) < 4.78 is 5.37. The molecule has 1 N–H and O–H groups in total. The molecule has 1 heterocycles. The van der Waals surface area contributed by atoms with Gasteiger partial charge in [-0.3, -0.25) is 10.1 Å². The van der Waals surface area contributed by atoms with E-state index in [1.54, 1.807) is 18.9 Å². The van der Waals surface area contributed by atoms with Crippen LogP contribution in [0.3, 0.4) is 0 Å². The summed E-state index contributed by atoms with van der Waals surface area (Å²) in [6, 6.07) is 15.9. The quantitative estimate of drug-likeness (QED) is 0.671. The number of aromatic amines is 1. The monoisotopic (exact) mass is 337 g/mol. The molecule has 0 saturated carbocycles. The first kappa shape index (κ1) is 16.3. The Morgan fingerprint density at radius 2 is 1.83 bits per heavy atom. The van der Waals surface area contributed by atoms with Crippen LogP contribution in [0.25, 0.3) is 0 Å². The Morgan fingerprint density at radius 3 is 2.58 bits per heavy atom. The molecule has 122 valence electrons. The van der Waals surface area contributed by atoms with Crippen LogP contribution >= 0.6 is 11.8 Å². The molecule has 2 aromatic carbocycles. The molecule has 0 amide bonds. The number of H-pyrrole nitrogens is 1. The van der Waals surface area contributed by atoms with E-state index in [1.165, 1.54) is 0 Å². The Balaban J connectivity index is 1.91. The number of rotatable bonds is 5. The Labute approximate surface area is 146 Å². The van der Waals surface area contributed by atoms with Gasteiger partial charge in [-0.05, 0) is 38.1 Å². The lowest BCUT2D eigenvalue weighted by atomic mass is 10.2. The highest BCUT2D eigenvalue weighted by atomic mass is 32.2. The van der Waals surface area contributed by atoms with E-state index in [-0.39, 0.29) is 0 Å². The number of benzene rings is 2. The normalized spacial score (nSPS) is 11.1. The first-order valence-corrected chi connectivity index (χ1v) is 8.46. The fourth-order valence-electron chi connectivity index (χ4n) is 2.36. The number of nitrogens with zero attached hydrogens (tertiary/aromatic N) is 2. The van der Waals surface area contributed by atoms with Crippen molar-refractivity contribution >= 4 is 23.7 Å². The molecule has 0 spiro atoms. The summed E-state index contributed by atoms with van der Waals surface area (Å²) in [6.45, 7) is 4.04. The zero-order valence-electron chi connectivity index (χ0n) is 13.9. The van der Waals surface area contributed by atoms with E-state index in [0.717, 1.165) is 38.2 Å². The van der Waals surface area contributed by atoms with Crippen LogP contribution in [0.1, 0.15) is 17.0 Å². The van der Waals surface area contributed by atoms with Gasteiger partial charge in [0.2, 0.25) is 0 Å². The number of aryl methyl sites for hydroxylation is 2. The SMILES string of the molecule is COc1ccccc1C=Nc1ccccc1Sc1c(C)n[nH]c1C. The van der Waals surface area contributed by atoms with Gasteiger partial charge >= 0.3 is 0 Å². The molecule has 0 aliphatic rings. The van der Waals surface area contributed by atoms with E-state index in [4.69, 9.17) is 4.74 Å². The van der Waals surface area contributed by atoms with Crippen LogP contribution in [-0.4, -0.2) is 23.5 Å². The van der Waals surface area contributed by atoms with Crippen molar-refractivity contribution in [1.29, 1.82) is 0 Å². The molecule has 0 fully saturated rings. The van der Waals surface area contributed by atoms with Crippen LogP contribution in [0.2, 0.25) is 0 Å². The molecule has 0 unspecified atom stereocenters. The summed E-state index contributed by atoms with van der Waals surface area (Å²) in [7, 11) is 1.67. The predicted molar refractivity (Wildman–Crippen MR) is 98.9 cm³/mol. The number of ether oxygens (including phenoxy) is 1. The number of aromatic nitrogens is 2. The highest BCUT2D eigenvalue weighted by Gasteiger charge is 2.10. The molecular weight excluding hydrogens is 318 g/mol. The molecule has 0 aliphatic carbocycles. The summed E-state index contributed by atoms with van der Waals surface area (Å²) in [5.41, 5.74) is 3.95. The molecular formula is C19H19N3OS. The van der Waals surface area contributed by atoms with E-state index in [0.29, 0.717) is 0 Å². The van der Waals surface area contributed by atoms with Gasteiger partial charge in [0.25, 0.3) is 0 Å². The molecule has 0 atom stereocenters. The second-order valence-corrected chi connectivity index (χ2v) is 6.39. The van der Waals surface area contributed by atoms with Gasteiger partial charge in [0, 0.05) is 22.4 Å². The van der Waals surface area contributed by atoms with Gasteiger partial charge in [-0.2, -0.15) is 5.10 Å². The maximum absolute atomic E-state index is 5.37. The standard InChI is InChI=1S/C19H19N3OS/c1-13-19(14(2)22-21-13)24-18-11-7-5-9-16(18)20-12-15-8-4-6-10-17(15)23-3/h4-12H,1-3H3,(H,21,22). The van der Waals surface area contributed by atoms with Crippen molar-refractivity contribution in [3.63, 3.8) is 0 Å². The topological polar surface area (TPSA) is 50.3 Å². The van der Waals surface area contributed by atoms with Gasteiger partial charge < -0.3 is 4.74 Å². The molecule has 0 radical (unpaired) electrons. The smallest absolute Gasteiger partial charge is 0.127 e. The third kappa shape index (κ3) is 3.51. The average Bonchev–Trinajstić information content (AvgIpc) is 2.93. The Morgan fingerprint density at radius 1 is 1.08 bits per heavy atom. The van der Waals surface area contributed by atoms with Crippen LogP contribution in [0, 0.1) is 13.8 Å². The summed E-state index contributed by atoms with van der Waals surface area (Å²) in [5.74, 6) is 0.813. The molecule has 5 heteroatoms. The van der Waals surface area contributed by atoms with Crippen LogP contribution in [-0.2, 0) is 0 Å². The average molecular weight is 337 g/mol. The summed E-state index contributed by atoms with van der Waals surface area (Å²) in [4.78, 5) is 6.91. The van der Waals surface area contributed by atoms with E-state index in [1.807, 2.05) is 62.5 Å². The second kappa shape index (κ2) is 7.36. The molecule has 3 rings (SSSR count). The van der Waals surface area contributed by atoms with Crippen molar-refractivity contribution in [3.8, 4) is 5.75 Å². The van der Waals surface area contributed by atoms with Crippen LogP contribution in [0.15, 0.2) is 63.3 Å². The summed E-state index contributed by atoms with van der Waals surface area (Å²) >= 11 is 1.68. The van der Waals surface area contributed by atoms with E-state index >= 15 is 0 Å². The number of hydrogen-bond acceptors (Lipinski definition) is 4. The number of nitrogens with one attached hydrogen (secondary N) is 1. The largest absolute Gasteiger partial charge is 0.496 e. The van der Waals surface area contributed by atoms with Crippen LogP contribution in [0.5, 0.6) is 5.75 Å².